The molecule has 1 aromatic heterocycles. The van der Waals surface area contributed by atoms with E-state index in [0.717, 1.165) is 22.9 Å². The van der Waals surface area contributed by atoms with E-state index in [1.54, 1.807) is 24.3 Å². The molecule has 1 N–H and O–H groups in total. The first-order chi connectivity index (χ1) is 12.5. The maximum atomic E-state index is 12.0. The quantitative estimate of drug-likeness (QED) is 0.670. The fraction of sp³-hybridized carbons (Fsp3) is 0.222. The summed E-state index contributed by atoms with van der Waals surface area (Å²) in [6, 6.07) is 10.8. The zero-order valence-corrected chi connectivity index (χ0v) is 15.1. The number of esters is 1. The summed E-state index contributed by atoms with van der Waals surface area (Å²) in [6.45, 7) is 3.29. The summed E-state index contributed by atoms with van der Waals surface area (Å²) in [5.74, 6) is -0.492. The highest BCUT2D eigenvalue weighted by Gasteiger charge is 2.12. The highest BCUT2D eigenvalue weighted by atomic mass is 32.1. The Balaban J connectivity index is 1.47. The van der Waals surface area contributed by atoms with Crippen molar-refractivity contribution in [2.45, 2.75) is 13.8 Å². The summed E-state index contributed by atoms with van der Waals surface area (Å²) < 4.78 is 18.5. The molecule has 0 aliphatic heterocycles. The molecule has 8 heteroatoms. The Bertz CT molecular complexity index is 955. The zero-order chi connectivity index (χ0) is 18.5. The van der Waals surface area contributed by atoms with E-state index in [-0.39, 0.29) is 6.61 Å². The molecule has 3 rings (SSSR count). The third-order valence-corrected chi connectivity index (χ3v) is 4.30. The van der Waals surface area contributed by atoms with Crippen molar-refractivity contribution >= 4 is 40.3 Å². The van der Waals surface area contributed by atoms with Gasteiger partial charge in [-0.25, -0.2) is 4.79 Å². The van der Waals surface area contributed by atoms with Crippen LogP contribution in [0.5, 0.6) is 5.75 Å². The molecule has 0 spiro atoms. The van der Waals surface area contributed by atoms with Gasteiger partial charge in [-0.15, -0.1) is 0 Å². The van der Waals surface area contributed by atoms with Crippen molar-refractivity contribution in [3.05, 3.63) is 47.5 Å². The summed E-state index contributed by atoms with van der Waals surface area (Å²) in [5, 5.41) is 2.66. The summed E-state index contributed by atoms with van der Waals surface area (Å²) in [6.07, 6.45) is 0. The topological polar surface area (TPSA) is 90.4 Å². The van der Waals surface area contributed by atoms with Crippen LogP contribution in [0.15, 0.2) is 36.4 Å². The number of fused-ring (bicyclic) bond motifs is 1. The predicted octanol–water partition coefficient (Wildman–Crippen LogP) is 2.87. The van der Waals surface area contributed by atoms with Gasteiger partial charge in [0.15, 0.2) is 13.2 Å². The lowest BCUT2D eigenvalue weighted by Crippen LogP contribution is -2.23. The number of nitrogens with zero attached hydrogens (tertiary/aromatic N) is 2. The first kappa shape index (κ1) is 17.8. The van der Waals surface area contributed by atoms with Crippen LogP contribution in [-0.2, 0) is 14.3 Å². The molecule has 2 aromatic carbocycles. The van der Waals surface area contributed by atoms with E-state index in [4.69, 9.17) is 9.47 Å². The average Bonchev–Trinajstić information content (AvgIpc) is 3.11. The van der Waals surface area contributed by atoms with Gasteiger partial charge in [0.25, 0.3) is 5.91 Å². The van der Waals surface area contributed by atoms with Crippen LogP contribution in [-0.4, -0.2) is 33.8 Å². The Morgan fingerprint density at radius 2 is 1.92 bits per heavy atom. The number of rotatable bonds is 6. The number of carbonyl (C=O) groups is 2. The number of aryl methyl sites for hydroxylation is 2. The molecule has 0 aliphatic rings. The second kappa shape index (κ2) is 7.92. The first-order valence-electron chi connectivity index (χ1n) is 7.90. The molecule has 0 radical (unpaired) electrons. The van der Waals surface area contributed by atoms with Crippen LogP contribution < -0.4 is 10.1 Å². The molecule has 26 heavy (non-hydrogen) atoms. The van der Waals surface area contributed by atoms with Crippen LogP contribution in [0.25, 0.3) is 11.0 Å². The molecule has 0 aliphatic carbocycles. The standard InChI is InChI=1S/C18H17N3O4S/c1-11-6-7-13(8-12(11)2)24-10-17(23)25-9-16(22)19-14-4-3-5-15-18(14)21-26-20-15/h3-8H,9-10H2,1-2H3,(H,19,22). The molecule has 0 unspecified atom stereocenters. The second-order valence-electron chi connectivity index (χ2n) is 5.68. The molecule has 3 aromatic rings. The van der Waals surface area contributed by atoms with Gasteiger partial charge >= 0.3 is 5.97 Å². The summed E-state index contributed by atoms with van der Waals surface area (Å²) in [4.78, 5) is 23.7. The number of carbonyl (C=O) groups excluding carboxylic acids is 2. The van der Waals surface area contributed by atoms with Crippen LogP contribution >= 0.6 is 11.7 Å². The third kappa shape index (κ3) is 4.34. The van der Waals surface area contributed by atoms with Crippen LogP contribution in [0.1, 0.15) is 11.1 Å². The van der Waals surface area contributed by atoms with Gasteiger partial charge in [0.2, 0.25) is 0 Å². The molecule has 1 heterocycles. The lowest BCUT2D eigenvalue weighted by Gasteiger charge is -2.09. The normalized spacial score (nSPS) is 10.5. The van der Waals surface area contributed by atoms with E-state index in [0.29, 0.717) is 22.5 Å². The Morgan fingerprint density at radius 1 is 1.08 bits per heavy atom. The highest BCUT2D eigenvalue weighted by molar-refractivity contribution is 7.00. The van der Waals surface area contributed by atoms with Crippen molar-refractivity contribution in [3.8, 4) is 5.75 Å². The van der Waals surface area contributed by atoms with E-state index >= 15 is 0 Å². The van der Waals surface area contributed by atoms with Crippen LogP contribution in [0.3, 0.4) is 0 Å². The highest BCUT2D eigenvalue weighted by Crippen LogP contribution is 2.21. The SMILES string of the molecule is Cc1ccc(OCC(=O)OCC(=O)Nc2cccc3nsnc23)cc1C. The molecule has 0 saturated heterocycles. The fourth-order valence-electron chi connectivity index (χ4n) is 2.23. The first-order valence-corrected chi connectivity index (χ1v) is 8.63. The molecule has 0 atom stereocenters. The minimum absolute atomic E-state index is 0.263. The van der Waals surface area contributed by atoms with Gasteiger partial charge in [0.05, 0.1) is 17.4 Å². The number of anilines is 1. The molecule has 0 bridgehead atoms. The number of benzene rings is 2. The Hall–Kier alpha value is -3.00. The van der Waals surface area contributed by atoms with Gasteiger partial charge in [-0.3, -0.25) is 4.79 Å². The van der Waals surface area contributed by atoms with Crippen molar-refractivity contribution in [1.82, 2.24) is 8.75 Å². The largest absolute Gasteiger partial charge is 0.482 e. The average molecular weight is 371 g/mol. The molecular formula is C18H17N3O4S. The second-order valence-corrected chi connectivity index (χ2v) is 6.21. The summed E-state index contributed by atoms with van der Waals surface area (Å²) in [5.41, 5.74) is 4.05. The van der Waals surface area contributed by atoms with Gasteiger partial charge in [0, 0.05) is 0 Å². The lowest BCUT2D eigenvalue weighted by atomic mass is 10.1. The van der Waals surface area contributed by atoms with Crippen LogP contribution in [0.2, 0.25) is 0 Å². The Morgan fingerprint density at radius 3 is 2.73 bits per heavy atom. The number of hydrogen-bond acceptors (Lipinski definition) is 7. The van der Waals surface area contributed by atoms with E-state index in [9.17, 15) is 9.59 Å². The minimum atomic E-state index is -0.619. The third-order valence-electron chi connectivity index (χ3n) is 3.76. The van der Waals surface area contributed by atoms with Gasteiger partial charge < -0.3 is 14.8 Å². The van der Waals surface area contributed by atoms with Crippen molar-refractivity contribution in [2.24, 2.45) is 0 Å². The van der Waals surface area contributed by atoms with Crippen LogP contribution in [0.4, 0.5) is 5.69 Å². The molecule has 1 amide bonds. The summed E-state index contributed by atoms with van der Waals surface area (Å²) >= 11 is 1.07. The molecule has 7 nitrogen and oxygen atoms in total. The zero-order valence-electron chi connectivity index (χ0n) is 14.3. The number of ether oxygens (including phenoxy) is 2. The fourth-order valence-corrected chi connectivity index (χ4v) is 2.78. The van der Waals surface area contributed by atoms with Crippen LogP contribution in [0, 0.1) is 13.8 Å². The Kier molecular flexibility index (Phi) is 5.43. The molecule has 0 saturated carbocycles. The number of amides is 1. The number of nitrogens with one attached hydrogen (secondary N) is 1. The molecular weight excluding hydrogens is 354 g/mol. The van der Waals surface area contributed by atoms with Crippen molar-refractivity contribution in [1.29, 1.82) is 0 Å². The van der Waals surface area contributed by atoms with Gasteiger partial charge in [-0.05, 0) is 49.2 Å². The van der Waals surface area contributed by atoms with Gasteiger partial charge in [-0.1, -0.05) is 12.1 Å². The summed E-state index contributed by atoms with van der Waals surface area (Å²) in [7, 11) is 0. The van der Waals surface area contributed by atoms with E-state index < -0.39 is 18.5 Å². The van der Waals surface area contributed by atoms with Gasteiger partial charge in [0.1, 0.15) is 16.8 Å². The smallest absolute Gasteiger partial charge is 0.344 e. The number of hydrogen-bond donors (Lipinski definition) is 1. The van der Waals surface area contributed by atoms with Crippen molar-refractivity contribution in [3.63, 3.8) is 0 Å². The maximum Gasteiger partial charge on any atom is 0.344 e. The minimum Gasteiger partial charge on any atom is -0.482 e. The lowest BCUT2D eigenvalue weighted by molar-refractivity contribution is -0.149. The van der Waals surface area contributed by atoms with Crippen molar-refractivity contribution in [2.75, 3.05) is 18.5 Å². The van der Waals surface area contributed by atoms with Crippen molar-refractivity contribution < 1.29 is 19.1 Å². The Labute approximate surface area is 154 Å². The molecule has 134 valence electrons. The van der Waals surface area contributed by atoms with Gasteiger partial charge in [-0.2, -0.15) is 8.75 Å². The molecule has 0 fully saturated rings. The van der Waals surface area contributed by atoms with E-state index in [1.165, 1.54) is 0 Å². The van der Waals surface area contributed by atoms with E-state index in [2.05, 4.69) is 14.1 Å². The monoisotopic (exact) mass is 371 g/mol. The number of aromatic nitrogens is 2. The predicted molar refractivity (Wildman–Crippen MR) is 98.4 cm³/mol. The van der Waals surface area contributed by atoms with E-state index in [1.807, 2.05) is 26.0 Å². The maximum absolute atomic E-state index is 12.0.